The van der Waals surface area contributed by atoms with Gasteiger partial charge in [0.15, 0.2) is 0 Å². The third kappa shape index (κ3) is 13.2. The Morgan fingerprint density at radius 3 is 1.09 bits per heavy atom. The molecule has 2 saturated heterocycles. The second-order valence-electron chi connectivity index (χ2n) is 20.0. The molecule has 10 rings (SSSR count). The van der Waals surface area contributed by atoms with Gasteiger partial charge >= 0.3 is 15.2 Å². The van der Waals surface area contributed by atoms with Crippen LogP contribution < -0.4 is 20.4 Å². The Labute approximate surface area is 460 Å². The van der Waals surface area contributed by atoms with Crippen LogP contribution in [-0.4, -0.2) is 51.8 Å². The van der Waals surface area contributed by atoms with Gasteiger partial charge in [-0.25, -0.2) is 8.78 Å². The Balaban J connectivity index is 0.000000194. The lowest BCUT2D eigenvalue weighted by Crippen LogP contribution is -2.29. The van der Waals surface area contributed by atoms with E-state index >= 15 is 0 Å². The average Bonchev–Trinajstić information content (AvgIpc) is 4.00. The Morgan fingerprint density at radius 1 is 0.450 bits per heavy atom. The molecule has 2 aliphatic heterocycles. The smallest absolute Gasteiger partial charge is 0.356 e. The normalized spacial score (nSPS) is 18.2. The lowest BCUT2D eigenvalue weighted by atomic mass is 9.86. The van der Waals surface area contributed by atoms with Gasteiger partial charge in [-0.2, -0.15) is 0 Å². The van der Waals surface area contributed by atoms with Crippen molar-refractivity contribution in [3.63, 3.8) is 0 Å². The number of phenolic OH excluding ortho intramolecular Hbond substituents is 2. The van der Waals surface area contributed by atoms with Gasteiger partial charge in [0.25, 0.3) is 0 Å². The first-order valence-electron chi connectivity index (χ1n) is 25.8. The van der Waals surface area contributed by atoms with Crippen LogP contribution in [0.5, 0.6) is 11.5 Å². The first kappa shape index (κ1) is 57.1. The van der Waals surface area contributed by atoms with E-state index < -0.39 is 39.5 Å². The highest BCUT2D eigenvalue weighted by Crippen LogP contribution is 2.49. The Bertz CT molecular complexity index is 3310. The molecular formula is C62H58F2N2O12P2. The van der Waals surface area contributed by atoms with E-state index in [1.165, 1.54) is 48.5 Å². The summed E-state index contributed by atoms with van der Waals surface area (Å²) in [4.78, 5) is 67.5. The highest BCUT2D eigenvalue weighted by atomic mass is 31.2. The number of hydrogen-bond donors (Lipinski definition) is 8. The minimum absolute atomic E-state index is 0.0127. The monoisotopic (exact) mass is 1120 g/mol. The van der Waals surface area contributed by atoms with Crippen molar-refractivity contribution in [2.45, 2.75) is 62.8 Å². The quantitative estimate of drug-likeness (QED) is 0.0422. The van der Waals surface area contributed by atoms with Crippen molar-refractivity contribution in [2.24, 2.45) is 11.8 Å². The first-order valence-corrected chi connectivity index (χ1v) is 29.1. The van der Waals surface area contributed by atoms with Gasteiger partial charge in [0.2, 0.25) is 11.8 Å². The molecule has 0 unspecified atom stereocenters. The molecule has 0 bridgehead atoms. The summed E-state index contributed by atoms with van der Waals surface area (Å²) >= 11 is 0. The van der Waals surface area contributed by atoms with Crippen molar-refractivity contribution in [3.05, 3.63) is 228 Å². The number of halogens is 2. The van der Waals surface area contributed by atoms with Gasteiger partial charge in [0.1, 0.15) is 23.1 Å². The van der Waals surface area contributed by atoms with Gasteiger partial charge in [0.05, 0.1) is 34.9 Å². The molecule has 2 fully saturated rings. The SMILES string of the molecule is O=C1C[C@@H](CC[C@H](O)c2ccc(F)cc2)[C@@H](c2ccc(-c3ccc(P(=O)(O)O)cc3)cc2O)N1c1ccccc1.O=C1C[C@H](CC[C@H](O)c2ccc(F)cc2)[C@@H](c2ccc(-c3ccc(P(=O)(O)O)cc3)cc2O)N1c1ccccc1. The summed E-state index contributed by atoms with van der Waals surface area (Å²) in [5, 5.41) is 43.7. The molecule has 2 heterocycles. The molecule has 2 aliphatic rings. The van der Waals surface area contributed by atoms with Crippen molar-refractivity contribution in [3.8, 4) is 33.8 Å². The number of carbonyl (C=O) groups excluding carboxylic acids is 2. The number of hydrogen-bond acceptors (Lipinski definition) is 8. The second-order valence-corrected chi connectivity index (χ2v) is 23.2. The molecule has 6 atom stereocenters. The average molecular weight is 1120 g/mol. The predicted molar refractivity (Wildman–Crippen MR) is 301 cm³/mol. The summed E-state index contributed by atoms with van der Waals surface area (Å²) in [6, 6.07) is 50.9. The zero-order chi connectivity index (χ0) is 56.9. The minimum atomic E-state index is -4.37. The number of benzene rings is 8. The van der Waals surface area contributed by atoms with Gasteiger partial charge in [-0.05, 0) is 156 Å². The molecule has 18 heteroatoms. The Kier molecular flexibility index (Phi) is 17.4. The van der Waals surface area contributed by atoms with E-state index in [4.69, 9.17) is 0 Å². The van der Waals surface area contributed by atoms with Crippen LogP contribution >= 0.6 is 15.2 Å². The third-order valence-electron chi connectivity index (χ3n) is 14.8. The van der Waals surface area contributed by atoms with Crippen LogP contribution in [0.25, 0.3) is 22.3 Å². The number of aromatic hydroxyl groups is 2. The molecule has 0 aliphatic carbocycles. The molecule has 14 nitrogen and oxygen atoms in total. The number of carbonyl (C=O) groups is 2. The first-order chi connectivity index (χ1) is 38.2. The summed E-state index contributed by atoms with van der Waals surface area (Å²) in [7, 11) is -8.74. The highest BCUT2D eigenvalue weighted by molar-refractivity contribution is 7.60. The number of anilines is 2. The summed E-state index contributed by atoms with van der Waals surface area (Å²) in [5.74, 6) is -1.38. The van der Waals surface area contributed by atoms with Gasteiger partial charge in [-0.15, -0.1) is 0 Å². The van der Waals surface area contributed by atoms with Crippen LogP contribution in [0, 0.1) is 23.5 Å². The standard InChI is InChI=1S/2C31H29FNO6P/c2*32-24-12-6-21(7-13-24)28(34)17-11-23-19-30(36)33(25-4-2-1-3-5-25)31(23)27-16-10-22(18-29(27)35)20-8-14-26(15-9-20)40(37,38)39/h2*1-10,12-16,18,23,28,31,34-35H,11,17,19H2,(H2,37,38,39)/t23-,28+,31+;23-,28-,31-/m10/s1. The van der Waals surface area contributed by atoms with Crippen LogP contribution in [0.15, 0.2) is 194 Å². The second kappa shape index (κ2) is 24.4. The summed E-state index contributed by atoms with van der Waals surface area (Å²) in [6.45, 7) is 0. The molecule has 8 aromatic carbocycles. The molecule has 412 valence electrons. The number of amides is 2. The van der Waals surface area contributed by atoms with Crippen LogP contribution in [0.2, 0.25) is 0 Å². The van der Waals surface area contributed by atoms with Gasteiger partial charge in [0, 0.05) is 35.3 Å². The van der Waals surface area contributed by atoms with E-state index in [0.29, 0.717) is 81.6 Å². The zero-order valence-electron chi connectivity index (χ0n) is 42.9. The lowest BCUT2D eigenvalue weighted by molar-refractivity contribution is -0.118. The van der Waals surface area contributed by atoms with E-state index in [0.717, 1.165) is 0 Å². The topological polar surface area (TPSA) is 237 Å². The van der Waals surface area contributed by atoms with Crippen molar-refractivity contribution in [1.82, 2.24) is 0 Å². The summed E-state index contributed by atoms with van der Waals surface area (Å²) < 4.78 is 49.7. The van der Waals surface area contributed by atoms with Crippen molar-refractivity contribution < 1.29 is 67.5 Å². The van der Waals surface area contributed by atoms with Crippen LogP contribution in [-0.2, 0) is 18.7 Å². The number of aliphatic hydroxyl groups excluding tert-OH is 2. The largest absolute Gasteiger partial charge is 0.508 e. The molecule has 80 heavy (non-hydrogen) atoms. The number of aliphatic hydroxyl groups is 2. The van der Waals surface area contributed by atoms with E-state index in [-0.39, 0.29) is 70.2 Å². The molecular weight excluding hydrogens is 1060 g/mol. The highest BCUT2D eigenvalue weighted by Gasteiger charge is 2.44. The number of nitrogens with zero attached hydrogens (tertiary/aromatic N) is 2. The number of rotatable bonds is 16. The maximum atomic E-state index is 13.3. The number of phenols is 2. The van der Waals surface area contributed by atoms with Crippen LogP contribution in [0.4, 0.5) is 20.2 Å². The Morgan fingerprint density at radius 2 is 0.775 bits per heavy atom. The van der Waals surface area contributed by atoms with E-state index in [1.807, 2.05) is 60.7 Å². The third-order valence-corrected chi connectivity index (χ3v) is 16.8. The van der Waals surface area contributed by atoms with E-state index in [2.05, 4.69) is 0 Å². The van der Waals surface area contributed by atoms with Gasteiger partial charge < -0.3 is 49.8 Å². The van der Waals surface area contributed by atoms with Gasteiger partial charge in [-0.3, -0.25) is 18.7 Å². The fraction of sp³-hybridized carbons (Fsp3) is 0.194. The zero-order valence-corrected chi connectivity index (χ0v) is 44.7. The van der Waals surface area contributed by atoms with E-state index in [9.17, 15) is 67.5 Å². The lowest BCUT2D eigenvalue weighted by Gasteiger charge is -2.30. The molecule has 2 amide bonds. The predicted octanol–water partition coefficient (Wildman–Crippen LogP) is 11.2. The fourth-order valence-corrected chi connectivity index (χ4v) is 11.9. The van der Waals surface area contributed by atoms with Gasteiger partial charge in [-0.1, -0.05) is 109 Å². The van der Waals surface area contributed by atoms with Crippen LogP contribution in [0.3, 0.4) is 0 Å². The molecule has 0 saturated carbocycles. The summed E-state index contributed by atoms with van der Waals surface area (Å²) in [5.41, 5.74) is 6.36. The summed E-state index contributed by atoms with van der Waals surface area (Å²) in [6.07, 6.45) is 0.512. The van der Waals surface area contributed by atoms with Crippen molar-refractivity contribution in [1.29, 1.82) is 0 Å². The van der Waals surface area contributed by atoms with Crippen LogP contribution in [0.1, 0.15) is 85.1 Å². The fourth-order valence-electron chi connectivity index (χ4n) is 10.8. The number of para-hydroxylation sites is 2. The molecule has 0 spiro atoms. The Hall–Kier alpha value is -7.62. The molecule has 8 aromatic rings. The molecule has 8 N–H and O–H groups in total. The minimum Gasteiger partial charge on any atom is -0.508 e. The maximum absolute atomic E-state index is 13.3. The van der Waals surface area contributed by atoms with Crippen molar-refractivity contribution >= 4 is 49.0 Å². The van der Waals surface area contributed by atoms with E-state index in [1.54, 1.807) is 94.7 Å². The maximum Gasteiger partial charge on any atom is 0.356 e. The molecule has 0 radical (unpaired) electrons. The molecule has 0 aromatic heterocycles. The van der Waals surface area contributed by atoms with Crippen molar-refractivity contribution in [2.75, 3.05) is 9.80 Å².